The molecule has 1 fully saturated rings. The van der Waals surface area contributed by atoms with Crippen molar-refractivity contribution in [3.8, 4) is 5.75 Å². The zero-order chi connectivity index (χ0) is 20.4. The number of piperidine rings is 1. The van der Waals surface area contributed by atoms with Crippen LogP contribution in [0.3, 0.4) is 0 Å². The van der Waals surface area contributed by atoms with Crippen molar-refractivity contribution in [1.82, 2.24) is 9.47 Å². The van der Waals surface area contributed by atoms with Gasteiger partial charge in [0.05, 0.1) is 0 Å². The average molecular weight is 391 g/mol. The number of hydrogen-bond acceptors (Lipinski definition) is 3. The summed E-state index contributed by atoms with van der Waals surface area (Å²) in [6.45, 7) is 3.07. The lowest BCUT2D eigenvalue weighted by Crippen LogP contribution is -2.46. The van der Waals surface area contributed by atoms with E-state index in [9.17, 15) is 9.59 Å². The third-order valence-electron chi connectivity index (χ3n) is 5.39. The molecule has 0 saturated carbocycles. The number of anilines is 1. The molecular weight excluding hydrogens is 366 g/mol. The molecule has 1 aliphatic rings. The van der Waals surface area contributed by atoms with E-state index in [-0.39, 0.29) is 6.10 Å². The summed E-state index contributed by atoms with van der Waals surface area (Å²) in [6.07, 6.45) is 3.45. The first-order valence-electron chi connectivity index (χ1n) is 9.88. The molecule has 2 amide bonds. The third-order valence-corrected chi connectivity index (χ3v) is 5.39. The molecule has 0 aliphatic carbocycles. The summed E-state index contributed by atoms with van der Waals surface area (Å²) in [5.41, 5.74) is 2.89. The van der Waals surface area contributed by atoms with Gasteiger partial charge in [-0.25, -0.2) is 0 Å². The van der Waals surface area contributed by atoms with Crippen LogP contribution in [-0.2, 0) is 16.6 Å². The number of carbonyl (C=O) groups is 2. The van der Waals surface area contributed by atoms with E-state index < -0.39 is 11.8 Å². The number of aromatic nitrogens is 1. The summed E-state index contributed by atoms with van der Waals surface area (Å²) in [6, 6.07) is 15.6. The van der Waals surface area contributed by atoms with Gasteiger partial charge in [0.2, 0.25) is 0 Å². The van der Waals surface area contributed by atoms with E-state index in [0.29, 0.717) is 31.6 Å². The molecule has 29 heavy (non-hydrogen) atoms. The number of nitrogens with zero attached hydrogens (tertiary/aromatic N) is 2. The van der Waals surface area contributed by atoms with Crippen LogP contribution < -0.4 is 10.1 Å². The number of likely N-dealkylation sites (tertiary alicyclic amines) is 1. The van der Waals surface area contributed by atoms with E-state index >= 15 is 0 Å². The lowest BCUT2D eigenvalue weighted by molar-refractivity contribution is -0.144. The molecule has 2 heterocycles. The quantitative estimate of drug-likeness (QED) is 0.695. The molecule has 1 N–H and O–H groups in total. The van der Waals surface area contributed by atoms with Crippen LogP contribution >= 0.6 is 0 Å². The minimum absolute atomic E-state index is 0.0605. The maximum atomic E-state index is 12.5. The van der Waals surface area contributed by atoms with Crippen molar-refractivity contribution in [2.75, 3.05) is 18.4 Å². The van der Waals surface area contributed by atoms with Gasteiger partial charge in [0.25, 0.3) is 0 Å². The van der Waals surface area contributed by atoms with Crippen LogP contribution in [0.4, 0.5) is 5.69 Å². The Bertz CT molecular complexity index is 1030. The number of carbonyl (C=O) groups excluding carboxylic acids is 2. The monoisotopic (exact) mass is 391 g/mol. The van der Waals surface area contributed by atoms with Crippen LogP contribution in [0.2, 0.25) is 0 Å². The Hall–Kier alpha value is -3.28. The topological polar surface area (TPSA) is 63.6 Å². The van der Waals surface area contributed by atoms with E-state index in [4.69, 9.17) is 4.74 Å². The fourth-order valence-corrected chi connectivity index (χ4v) is 3.67. The lowest BCUT2D eigenvalue weighted by atomic mass is 10.1. The van der Waals surface area contributed by atoms with Gasteiger partial charge in [-0.3, -0.25) is 9.59 Å². The van der Waals surface area contributed by atoms with E-state index in [2.05, 4.69) is 5.32 Å². The van der Waals surface area contributed by atoms with Crippen molar-refractivity contribution in [2.24, 2.45) is 7.05 Å². The van der Waals surface area contributed by atoms with Crippen LogP contribution in [0.25, 0.3) is 10.9 Å². The smallest absolute Gasteiger partial charge is 0.313 e. The van der Waals surface area contributed by atoms with Crippen LogP contribution in [0.15, 0.2) is 54.7 Å². The number of fused-ring (bicyclic) bond motifs is 1. The molecule has 0 radical (unpaired) electrons. The normalized spacial score (nSPS) is 14.8. The molecule has 1 aromatic heterocycles. The summed E-state index contributed by atoms with van der Waals surface area (Å²) >= 11 is 0. The van der Waals surface area contributed by atoms with Crippen molar-refractivity contribution in [2.45, 2.75) is 25.9 Å². The Morgan fingerprint density at radius 3 is 2.48 bits per heavy atom. The molecule has 1 saturated heterocycles. The number of benzene rings is 2. The predicted molar refractivity (Wildman–Crippen MR) is 113 cm³/mol. The number of aryl methyl sites for hydroxylation is 2. The Morgan fingerprint density at radius 1 is 1.03 bits per heavy atom. The van der Waals surface area contributed by atoms with Crippen molar-refractivity contribution in [1.29, 1.82) is 0 Å². The van der Waals surface area contributed by atoms with Crippen LogP contribution in [0.5, 0.6) is 5.75 Å². The van der Waals surface area contributed by atoms with E-state index in [1.165, 1.54) is 5.56 Å². The first kappa shape index (κ1) is 19.1. The van der Waals surface area contributed by atoms with Crippen LogP contribution in [-0.4, -0.2) is 40.5 Å². The fourth-order valence-electron chi connectivity index (χ4n) is 3.67. The molecule has 0 bridgehead atoms. The first-order chi connectivity index (χ1) is 14.0. The highest BCUT2D eigenvalue weighted by molar-refractivity contribution is 6.39. The second-order valence-electron chi connectivity index (χ2n) is 7.58. The number of rotatable bonds is 3. The second kappa shape index (κ2) is 7.99. The number of hydrogen-bond donors (Lipinski definition) is 1. The fraction of sp³-hybridized carbons (Fsp3) is 0.304. The Balaban J connectivity index is 1.31. The lowest BCUT2D eigenvalue weighted by Gasteiger charge is -2.31. The SMILES string of the molecule is Cc1ccc(OC2CCN(C(=O)C(=O)Nc3ccc4c(ccn4C)c3)CC2)cc1. The molecule has 6 heteroatoms. The minimum Gasteiger partial charge on any atom is -0.490 e. The molecule has 150 valence electrons. The molecule has 1 aliphatic heterocycles. The Kier molecular flexibility index (Phi) is 5.25. The Labute approximate surface area is 170 Å². The van der Waals surface area contributed by atoms with E-state index in [0.717, 1.165) is 16.7 Å². The van der Waals surface area contributed by atoms with Gasteiger partial charge in [0, 0.05) is 55.8 Å². The summed E-state index contributed by atoms with van der Waals surface area (Å²) in [7, 11) is 1.97. The van der Waals surface area contributed by atoms with E-state index in [1.54, 1.807) is 4.90 Å². The van der Waals surface area contributed by atoms with Gasteiger partial charge in [-0.05, 0) is 43.3 Å². The van der Waals surface area contributed by atoms with Gasteiger partial charge >= 0.3 is 11.8 Å². The van der Waals surface area contributed by atoms with Crippen molar-refractivity contribution in [3.63, 3.8) is 0 Å². The predicted octanol–water partition coefficient (Wildman–Crippen LogP) is 3.50. The van der Waals surface area contributed by atoms with Crippen molar-refractivity contribution in [3.05, 3.63) is 60.3 Å². The summed E-state index contributed by atoms with van der Waals surface area (Å²) in [5.74, 6) is -0.250. The van der Waals surface area contributed by atoms with Crippen LogP contribution in [0.1, 0.15) is 18.4 Å². The van der Waals surface area contributed by atoms with Gasteiger partial charge < -0.3 is 19.5 Å². The highest BCUT2D eigenvalue weighted by atomic mass is 16.5. The van der Waals surface area contributed by atoms with Crippen LogP contribution in [0, 0.1) is 6.92 Å². The minimum atomic E-state index is -0.599. The van der Waals surface area contributed by atoms with Gasteiger partial charge in [0.1, 0.15) is 11.9 Å². The molecule has 0 unspecified atom stereocenters. The zero-order valence-electron chi connectivity index (χ0n) is 16.7. The third kappa shape index (κ3) is 4.26. The van der Waals surface area contributed by atoms with Gasteiger partial charge in [0.15, 0.2) is 0 Å². The average Bonchev–Trinajstić information content (AvgIpc) is 3.10. The summed E-state index contributed by atoms with van der Waals surface area (Å²) < 4.78 is 8.01. The maximum Gasteiger partial charge on any atom is 0.313 e. The molecule has 0 spiro atoms. The highest BCUT2D eigenvalue weighted by Gasteiger charge is 2.28. The van der Waals surface area contributed by atoms with Gasteiger partial charge in [-0.2, -0.15) is 0 Å². The molecule has 2 aromatic carbocycles. The second-order valence-corrected chi connectivity index (χ2v) is 7.58. The number of nitrogens with one attached hydrogen (secondary N) is 1. The Morgan fingerprint density at radius 2 is 1.76 bits per heavy atom. The van der Waals surface area contributed by atoms with Gasteiger partial charge in [-0.15, -0.1) is 0 Å². The standard InChI is InChI=1S/C23H25N3O3/c1-16-3-6-19(7-4-16)29-20-10-13-26(14-11-20)23(28)22(27)24-18-5-8-21-17(15-18)9-12-25(21)2/h3-9,12,15,20H,10-11,13-14H2,1-2H3,(H,24,27). The number of ether oxygens (including phenoxy) is 1. The highest BCUT2D eigenvalue weighted by Crippen LogP contribution is 2.21. The molecule has 3 aromatic rings. The zero-order valence-corrected chi connectivity index (χ0v) is 16.7. The van der Waals surface area contributed by atoms with Crippen molar-refractivity contribution < 1.29 is 14.3 Å². The van der Waals surface area contributed by atoms with Gasteiger partial charge in [-0.1, -0.05) is 17.7 Å². The summed E-state index contributed by atoms with van der Waals surface area (Å²) in [5, 5.41) is 3.75. The molecular formula is C23H25N3O3. The molecule has 6 nitrogen and oxygen atoms in total. The number of amides is 2. The largest absolute Gasteiger partial charge is 0.490 e. The summed E-state index contributed by atoms with van der Waals surface area (Å²) in [4.78, 5) is 26.6. The van der Waals surface area contributed by atoms with Crippen molar-refractivity contribution >= 4 is 28.4 Å². The van der Waals surface area contributed by atoms with E-state index in [1.807, 2.05) is 73.3 Å². The maximum absolute atomic E-state index is 12.5. The first-order valence-corrected chi connectivity index (χ1v) is 9.88. The molecule has 4 rings (SSSR count). The molecule has 0 atom stereocenters.